The van der Waals surface area contributed by atoms with Gasteiger partial charge in [0.05, 0.1) is 22.6 Å². The van der Waals surface area contributed by atoms with E-state index in [9.17, 15) is 24.8 Å². The van der Waals surface area contributed by atoms with Gasteiger partial charge in [-0.1, -0.05) is 42.0 Å². The van der Waals surface area contributed by atoms with E-state index in [-0.39, 0.29) is 17.2 Å². The van der Waals surface area contributed by atoms with Crippen molar-refractivity contribution in [3.63, 3.8) is 0 Å². The van der Waals surface area contributed by atoms with Crippen molar-refractivity contribution in [2.75, 3.05) is 10.6 Å². The number of anilines is 2. The topological polar surface area (TPSA) is 119 Å². The molecule has 0 aromatic heterocycles. The van der Waals surface area contributed by atoms with Crippen molar-refractivity contribution in [3.8, 4) is 6.07 Å². The molecule has 0 heterocycles. The molecule has 0 fully saturated rings. The fraction of sp³-hybridized carbons (Fsp3) is 0.120. The standard InChI is InChI=1S/C25H21N3O4S/c1-15-9-11-16(12-10-15)23(29)27-18-6-4-5-17(13-18)22(33)20(14-26)24(30)28-21-8-3-2-7-19(21)25(31)32/h2-13,20,22,33H,1H3,(H,27,29)(H,28,30)(H,31,32)/t20-,22-/m1/s1. The molecule has 0 spiro atoms. The third-order valence-electron chi connectivity index (χ3n) is 4.95. The average molecular weight is 460 g/mol. The van der Waals surface area contributed by atoms with Crippen LogP contribution in [0.1, 0.15) is 37.1 Å². The van der Waals surface area contributed by atoms with Crippen LogP contribution in [0.5, 0.6) is 0 Å². The number of nitrogens with one attached hydrogen (secondary N) is 2. The number of thiol groups is 1. The number of aromatic carboxylic acids is 1. The van der Waals surface area contributed by atoms with Crippen molar-refractivity contribution in [2.45, 2.75) is 12.2 Å². The number of hydrogen-bond donors (Lipinski definition) is 4. The summed E-state index contributed by atoms with van der Waals surface area (Å²) >= 11 is 4.47. The van der Waals surface area contributed by atoms with Crippen LogP contribution < -0.4 is 10.6 Å². The Morgan fingerprint density at radius 2 is 1.67 bits per heavy atom. The van der Waals surface area contributed by atoms with Crippen LogP contribution in [0.2, 0.25) is 0 Å². The number of benzene rings is 3. The lowest BCUT2D eigenvalue weighted by atomic mass is 9.98. The first-order valence-corrected chi connectivity index (χ1v) is 10.5. The van der Waals surface area contributed by atoms with Crippen molar-refractivity contribution in [3.05, 3.63) is 95.1 Å². The van der Waals surface area contributed by atoms with E-state index in [1.54, 1.807) is 48.5 Å². The molecule has 3 aromatic carbocycles. The Balaban J connectivity index is 1.76. The van der Waals surface area contributed by atoms with Crippen LogP contribution in [0.3, 0.4) is 0 Å². The number of para-hydroxylation sites is 1. The number of carbonyl (C=O) groups excluding carboxylic acids is 2. The van der Waals surface area contributed by atoms with Gasteiger partial charge >= 0.3 is 5.97 Å². The third kappa shape index (κ3) is 5.79. The van der Waals surface area contributed by atoms with E-state index >= 15 is 0 Å². The number of aryl methyl sites for hydroxylation is 1. The SMILES string of the molecule is Cc1ccc(C(=O)Nc2cccc([C@@H](S)[C@@H](C#N)C(=O)Nc3ccccc3C(=O)O)c2)cc1. The van der Waals surface area contributed by atoms with Crippen LogP contribution in [0.4, 0.5) is 11.4 Å². The second-order valence-electron chi connectivity index (χ2n) is 7.34. The number of hydrogen-bond acceptors (Lipinski definition) is 5. The molecular formula is C25H21N3O4S. The molecule has 166 valence electrons. The zero-order valence-electron chi connectivity index (χ0n) is 17.6. The number of rotatable bonds is 7. The first-order chi connectivity index (χ1) is 15.8. The van der Waals surface area contributed by atoms with Gasteiger partial charge in [0.15, 0.2) is 0 Å². The van der Waals surface area contributed by atoms with Gasteiger partial charge < -0.3 is 15.7 Å². The Morgan fingerprint density at radius 3 is 2.33 bits per heavy atom. The highest BCUT2D eigenvalue weighted by atomic mass is 32.1. The lowest BCUT2D eigenvalue weighted by molar-refractivity contribution is -0.118. The molecule has 33 heavy (non-hydrogen) atoms. The van der Waals surface area contributed by atoms with Gasteiger partial charge in [-0.05, 0) is 48.9 Å². The second kappa shape index (κ2) is 10.5. The van der Waals surface area contributed by atoms with Crippen molar-refractivity contribution in [1.29, 1.82) is 5.26 Å². The molecule has 3 rings (SSSR count). The van der Waals surface area contributed by atoms with E-state index in [4.69, 9.17) is 0 Å². The lowest BCUT2D eigenvalue weighted by Crippen LogP contribution is -2.26. The Bertz CT molecular complexity index is 1230. The highest BCUT2D eigenvalue weighted by Gasteiger charge is 2.28. The number of carbonyl (C=O) groups is 3. The molecule has 0 bridgehead atoms. The van der Waals surface area contributed by atoms with Crippen LogP contribution in [-0.4, -0.2) is 22.9 Å². The van der Waals surface area contributed by atoms with E-state index in [1.807, 2.05) is 25.1 Å². The molecule has 0 aliphatic carbocycles. The Labute approximate surface area is 196 Å². The minimum Gasteiger partial charge on any atom is -0.478 e. The first kappa shape index (κ1) is 23.6. The van der Waals surface area contributed by atoms with Crippen molar-refractivity contribution in [2.24, 2.45) is 5.92 Å². The molecule has 7 nitrogen and oxygen atoms in total. The number of nitriles is 1. The highest BCUT2D eigenvalue weighted by Crippen LogP contribution is 2.31. The summed E-state index contributed by atoms with van der Waals surface area (Å²) in [4.78, 5) is 36.6. The largest absolute Gasteiger partial charge is 0.478 e. The molecule has 3 N–H and O–H groups in total. The van der Waals surface area contributed by atoms with E-state index in [0.717, 1.165) is 5.56 Å². The maximum absolute atomic E-state index is 12.8. The molecule has 3 aromatic rings. The summed E-state index contributed by atoms with van der Waals surface area (Å²) in [6, 6.07) is 21.7. The maximum atomic E-state index is 12.8. The molecule has 0 aliphatic heterocycles. The number of carboxylic acids is 1. The van der Waals surface area contributed by atoms with Gasteiger partial charge in [0.25, 0.3) is 5.91 Å². The summed E-state index contributed by atoms with van der Waals surface area (Å²) in [5.74, 6) is -3.37. The summed E-state index contributed by atoms with van der Waals surface area (Å²) in [5, 5.41) is 23.4. The monoisotopic (exact) mass is 459 g/mol. The predicted octanol–water partition coefficient (Wildman–Crippen LogP) is 4.69. The average Bonchev–Trinajstić information content (AvgIpc) is 2.80. The normalized spacial score (nSPS) is 12.2. The molecule has 2 amide bonds. The quantitative estimate of drug-likeness (QED) is 0.382. The number of carboxylic acid groups (broad SMARTS) is 1. The smallest absolute Gasteiger partial charge is 0.337 e. The zero-order valence-corrected chi connectivity index (χ0v) is 18.5. The van der Waals surface area contributed by atoms with Gasteiger partial charge in [0.1, 0.15) is 5.92 Å². The summed E-state index contributed by atoms with van der Waals surface area (Å²) < 4.78 is 0. The third-order valence-corrected chi connectivity index (χ3v) is 5.55. The van der Waals surface area contributed by atoms with E-state index in [2.05, 4.69) is 23.3 Å². The molecule has 0 aliphatic rings. The fourth-order valence-electron chi connectivity index (χ4n) is 3.16. The van der Waals surface area contributed by atoms with Gasteiger partial charge in [0.2, 0.25) is 5.91 Å². The molecule has 0 saturated carbocycles. The second-order valence-corrected chi connectivity index (χ2v) is 7.89. The molecule has 2 atom stereocenters. The van der Waals surface area contributed by atoms with Gasteiger partial charge in [-0.3, -0.25) is 9.59 Å². The van der Waals surface area contributed by atoms with E-state index < -0.39 is 23.0 Å². The van der Waals surface area contributed by atoms with Crippen LogP contribution in [0, 0.1) is 24.2 Å². The Morgan fingerprint density at radius 1 is 0.970 bits per heavy atom. The summed E-state index contributed by atoms with van der Waals surface area (Å²) in [5.41, 5.74) is 2.59. The highest BCUT2D eigenvalue weighted by molar-refractivity contribution is 7.80. The summed E-state index contributed by atoms with van der Waals surface area (Å²) in [7, 11) is 0. The Hall–Kier alpha value is -4.09. The summed E-state index contributed by atoms with van der Waals surface area (Å²) in [6.07, 6.45) is 0. The van der Waals surface area contributed by atoms with Crippen molar-refractivity contribution < 1.29 is 19.5 Å². The van der Waals surface area contributed by atoms with Crippen LogP contribution in [-0.2, 0) is 4.79 Å². The molecular weight excluding hydrogens is 438 g/mol. The van der Waals surface area contributed by atoms with Crippen molar-refractivity contribution >= 4 is 41.8 Å². The molecule has 0 unspecified atom stereocenters. The van der Waals surface area contributed by atoms with Gasteiger partial charge in [-0.15, -0.1) is 0 Å². The van der Waals surface area contributed by atoms with Crippen molar-refractivity contribution in [1.82, 2.24) is 0 Å². The molecule has 0 radical (unpaired) electrons. The van der Waals surface area contributed by atoms with E-state index in [1.165, 1.54) is 12.1 Å². The summed E-state index contributed by atoms with van der Waals surface area (Å²) in [6.45, 7) is 1.93. The first-order valence-electron chi connectivity index (χ1n) is 9.99. The van der Waals surface area contributed by atoms with Gasteiger partial charge in [0, 0.05) is 11.3 Å². The molecule has 8 heteroatoms. The minimum absolute atomic E-state index is 0.0842. The van der Waals surface area contributed by atoms with Crippen LogP contribution in [0.25, 0.3) is 0 Å². The zero-order chi connectivity index (χ0) is 24.0. The fourth-order valence-corrected chi connectivity index (χ4v) is 3.53. The van der Waals surface area contributed by atoms with Crippen LogP contribution >= 0.6 is 12.6 Å². The Kier molecular flexibility index (Phi) is 7.49. The van der Waals surface area contributed by atoms with Crippen LogP contribution in [0.15, 0.2) is 72.8 Å². The lowest BCUT2D eigenvalue weighted by Gasteiger charge is -2.18. The predicted molar refractivity (Wildman–Crippen MR) is 128 cm³/mol. The molecule has 0 saturated heterocycles. The number of amides is 2. The van der Waals surface area contributed by atoms with Gasteiger partial charge in [-0.2, -0.15) is 17.9 Å². The minimum atomic E-state index is -1.21. The van der Waals surface area contributed by atoms with Gasteiger partial charge in [-0.25, -0.2) is 4.79 Å². The van der Waals surface area contributed by atoms with E-state index in [0.29, 0.717) is 16.8 Å². The number of nitrogens with zero attached hydrogens (tertiary/aromatic N) is 1. The maximum Gasteiger partial charge on any atom is 0.337 e.